The molecule has 0 bridgehead atoms. The van der Waals surface area contributed by atoms with E-state index in [1.54, 1.807) is 24.3 Å². The molecule has 0 saturated heterocycles. The first-order chi connectivity index (χ1) is 11.5. The molecule has 2 aromatic rings. The minimum absolute atomic E-state index is 0.00105. The quantitative estimate of drug-likeness (QED) is 0.814. The number of carbonyl (C=O) groups is 2. The van der Waals surface area contributed by atoms with Crippen molar-refractivity contribution in [1.82, 2.24) is 0 Å². The summed E-state index contributed by atoms with van der Waals surface area (Å²) in [5.41, 5.74) is 3.05. The molecule has 0 radical (unpaired) electrons. The fourth-order valence-corrected chi connectivity index (χ4v) is 2.41. The summed E-state index contributed by atoms with van der Waals surface area (Å²) in [6.45, 7) is 5.96. The number of carbonyl (C=O) groups excluding carboxylic acids is 2. The summed E-state index contributed by atoms with van der Waals surface area (Å²) in [5, 5.41) is 5.75. The van der Waals surface area contributed by atoms with Crippen molar-refractivity contribution in [3.8, 4) is 0 Å². The Bertz CT molecular complexity index is 708. The van der Waals surface area contributed by atoms with Crippen molar-refractivity contribution in [2.45, 2.75) is 33.6 Å². The highest BCUT2D eigenvalue weighted by atomic mass is 16.2. The summed E-state index contributed by atoms with van der Waals surface area (Å²) in [5.74, 6) is -0.197. The number of hydrogen-bond donors (Lipinski definition) is 2. The van der Waals surface area contributed by atoms with Crippen LogP contribution in [0.4, 0.5) is 11.4 Å². The van der Waals surface area contributed by atoms with Gasteiger partial charge in [-0.25, -0.2) is 0 Å². The molecule has 0 heterocycles. The fraction of sp³-hybridized carbons (Fsp3) is 0.300. The van der Waals surface area contributed by atoms with Gasteiger partial charge in [-0.05, 0) is 43.7 Å². The lowest BCUT2D eigenvalue weighted by molar-refractivity contribution is -0.119. The van der Waals surface area contributed by atoms with Crippen LogP contribution in [0.5, 0.6) is 0 Å². The lowest BCUT2D eigenvalue weighted by Gasteiger charge is -2.12. The van der Waals surface area contributed by atoms with Gasteiger partial charge in [0.15, 0.2) is 0 Å². The summed E-state index contributed by atoms with van der Waals surface area (Å²) >= 11 is 0. The number of aryl methyl sites for hydroxylation is 1. The topological polar surface area (TPSA) is 58.2 Å². The Morgan fingerprint density at radius 1 is 1.00 bits per heavy atom. The van der Waals surface area contributed by atoms with Crippen LogP contribution in [-0.4, -0.2) is 11.8 Å². The number of hydrogen-bond acceptors (Lipinski definition) is 2. The van der Waals surface area contributed by atoms with Crippen molar-refractivity contribution in [3.05, 3.63) is 59.7 Å². The van der Waals surface area contributed by atoms with Gasteiger partial charge in [-0.1, -0.05) is 44.0 Å². The van der Waals surface area contributed by atoms with Crippen LogP contribution in [0.2, 0.25) is 0 Å². The van der Waals surface area contributed by atoms with E-state index in [2.05, 4.69) is 17.6 Å². The number of benzene rings is 2. The first-order valence-electron chi connectivity index (χ1n) is 8.28. The minimum Gasteiger partial charge on any atom is -0.326 e. The van der Waals surface area contributed by atoms with Gasteiger partial charge in [0.2, 0.25) is 5.91 Å². The van der Waals surface area contributed by atoms with Crippen molar-refractivity contribution in [2.24, 2.45) is 5.92 Å². The maximum atomic E-state index is 12.3. The zero-order valence-electron chi connectivity index (χ0n) is 14.4. The van der Waals surface area contributed by atoms with E-state index in [0.29, 0.717) is 16.9 Å². The first kappa shape index (κ1) is 17.7. The smallest absolute Gasteiger partial charge is 0.255 e. The summed E-state index contributed by atoms with van der Waals surface area (Å²) in [7, 11) is 0. The van der Waals surface area contributed by atoms with E-state index >= 15 is 0 Å². The second kappa shape index (κ2) is 8.29. The van der Waals surface area contributed by atoms with Crippen molar-refractivity contribution in [2.75, 3.05) is 10.6 Å². The molecule has 0 fully saturated rings. The van der Waals surface area contributed by atoms with E-state index in [1.807, 2.05) is 38.1 Å². The van der Waals surface area contributed by atoms with Gasteiger partial charge in [0.1, 0.15) is 0 Å². The lowest BCUT2D eigenvalue weighted by Crippen LogP contribution is -2.20. The Kier molecular flexibility index (Phi) is 6.13. The third-order valence-electron chi connectivity index (χ3n) is 3.87. The second-order valence-corrected chi connectivity index (χ2v) is 6.08. The van der Waals surface area contributed by atoms with Gasteiger partial charge in [-0.2, -0.15) is 0 Å². The number of amides is 2. The highest BCUT2D eigenvalue weighted by Gasteiger charge is 2.12. The first-order valence-corrected chi connectivity index (χ1v) is 8.28. The minimum atomic E-state index is -0.169. The standard InChI is InChI=1S/C20H24N2O2/c1-4-6-15(3)19(23)21-17-7-5-8-18(13-17)22-20(24)16-11-9-14(2)10-12-16/h5,7-13,15H,4,6H2,1-3H3,(H,21,23)(H,22,24). The number of rotatable bonds is 6. The van der Waals surface area contributed by atoms with Crippen molar-refractivity contribution in [3.63, 3.8) is 0 Å². The second-order valence-electron chi connectivity index (χ2n) is 6.08. The third kappa shape index (κ3) is 4.95. The molecular weight excluding hydrogens is 300 g/mol. The maximum Gasteiger partial charge on any atom is 0.255 e. The third-order valence-corrected chi connectivity index (χ3v) is 3.87. The van der Waals surface area contributed by atoms with Crippen LogP contribution in [0, 0.1) is 12.8 Å². The zero-order chi connectivity index (χ0) is 17.5. The van der Waals surface area contributed by atoms with Crippen LogP contribution in [0.25, 0.3) is 0 Å². The molecule has 1 atom stereocenters. The van der Waals surface area contributed by atoms with Gasteiger partial charge in [0, 0.05) is 22.9 Å². The molecule has 24 heavy (non-hydrogen) atoms. The molecule has 4 nitrogen and oxygen atoms in total. The van der Waals surface area contributed by atoms with E-state index in [0.717, 1.165) is 18.4 Å². The Labute approximate surface area is 143 Å². The predicted octanol–water partition coefficient (Wildman–Crippen LogP) is 4.62. The van der Waals surface area contributed by atoms with E-state index < -0.39 is 0 Å². The van der Waals surface area contributed by atoms with Crippen LogP contribution in [0.15, 0.2) is 48.5 Å². The molecule has 0 spiro atoms. The molecule has 2 amide bonds. The van der Waals surface area contributed by atoms with Gasteiger partial charge < -0.3 is 10.6 Å². The number of anilines is 2. The van der Waals surface area contributed by atoms with Crippen molar-refractivity contribution < 1.29 is 9.59 Å². The van der Waals surface area contributed by atoms with E-state index in [1.165, 1.54) is 0 Å². The molecule has 1 unspecified atom stereocenters. The molecule has 0 aliphatic carbocycles. The van der Waals surface area contributed by atoms with E-state index in [4.69, 9.17) is 0 Å². The predicted molar refractivity (Wildman–Crippen MR) is 98.3 cm³/mol. The molecule has 2 rings (SSSR count). The zero-order valence-corrected chi connectivity index (χ0v) is 14.4. The molecule has 0 aliphatic rings. The largest absolute Gasteiger partial charge is 0.326 e. The van der Waals surface area contributed by atoms with Gasteiger partial charge in [0.25, 0.3) is 5.91 Å². The molecule has 126 valence electrons. The molecule has 4 heteroatoms. The average molecular weight is 324 g/mol. The molecular formula is C20H24N2O2. The SMILES string of the molecule is CCCC(C)C(=O)Nc1cccc(NC(=O)c2ccc(C)cc2)c1. The molecule has 0 aliphatic heterocycles. The lowest BCUT2D eigenvalue weighted by atomic mass is 10.1. The normalized spacial score (nSPS) is 11.6. The monoisotopic (exact) mass is 324 g/mol. The Balaban J connectivity index is 2.03. The van der Waals surface area contributed by atoms with Gasteiger partial charge in [-0.15, -0.1) is 0 Å². The highest BCUT2D eigenvalue weighted by molar-refractivity contribution is 6.04. The molecule has 0 aromatic heterocycles. The molecule has 2 aromatic carbocycles. The summed E-state index contributed by atoms with van der Waals surface area (Å²) in [4.78, 5) is 24.3. The van der Waals surface area contributed by atoms with Crippen LogP contribution >= 0.6 is 0 Å². The van der Waals surface area contributed by atoms with Crippen LogP contribution in [-0.2, 0) is 4.79 Å². The molecule has 0 saturated carbocycles. The van der Waals surface area contributed by atoms with Crippen molar-refractivity contribution >= 4 is 23.2 Å². The van der Waals surface area contributed by atoms with Gasteiger partial charge >= 0.3 is 0 Å². The maximum absolute atomic E-state index is 12.3. The molecule has 2 N–H and O–H groups in total. The Hall–Kier alpha value is -2.62. The van der Waals surface area contributed by atoms with Gasteiger partial charge in [0.05, 0.1) is 0 Å². The summed E-state index contributed by atoms with van der Waals surface area (Å²) < 4.78 is 0. The summed E-state index contributed by atoms with van der Waals surface area (Å²) in [6, 6.07) is 14.6. The number of nitrogens with one attached hydrogen (secondary N) is 2. The van der Waals surface area contributed by atoms with Crippen LogP contribution in [0.3, 0.4) is 0 Å². The van der Waals surface area contributed by atoms with Gasteiger partial charge in [-0.3, -0.25) is 9.59 Å². The van der Waals surface area contributed by atoms with Crippen molar-refractivity contribution in [1.29, 1.82) is 0 Å². The Morgan fingerprint density at radius 3 is 2.25 bits per heavy atom. The fourth-order valence-electron chi connectivity index (χ4n) is 2.41. The summed E-state index contributed by atoms with van der Waals surface area (Å²) in [6.07, 6.45) is 1.83. The van der Waals surface area contributed by atoms with E-state index in [-0.39, 0.29) is 17.7 Å². The van der Waals surface area contributed by atoms with Crippen LogP contribution < -0.4 is 10.6 Å². The van der Waals surface area contributed by atoms with E-state index in [9.17, 15) is 9.59 Å². The average Bonchev–Trinajstić information content (AvgIpc) is 2.56. The highest BCUT2D eigenvalue weighted by Crippen LogP contribution is 2.18. The van der Waals surface area contributed by atoms with Crippen LogP contribution in [0.1, 0.15) is 42.6 Å². The Morgan fingerprint density at radius 2 is 1.62 bits per heavy atom.